The molecule has 188 valence electrons. The van der Waals surface area contributed by atoms with E-state index in [9.17, 15) is 22.0 Å². The van der Waals surface area contributed by atoms with Gasteiger partial charge in [-0.2, -0.15) is 4.39 Å². The molecule has 1 unspecified atom stereocenters. The second-order valence-electron chi connectivity index (χ2n) is 8.86. The Hall–Kier alpha value is -4.11. The van der Waals surface area contributed by atoms with E-state index in [2.05, 4.69) is 10.3 Å². The lowest BCUT2D eigenvalue weighted by Crippen LogP contribution is -2.23. The third kappa shape index (κ3) is 4.70. The van der Waals surface area contributed by atoms with Gasteiger partial charge in [-0.3, -0.25) is 4.79 Å². The van der Waals surface area contributed by atoms with Gasteiger partial charge in [0, 0.05) is 52.8 Å². The summed E-state index contributed by atoms with van der Waals surface area (Å²) in [4.78, 5) is 16.3. The number of allylic oxidation sites excluding steroid dienone is 1. The van der Waals surface area contributed by atoms with E-state index >= 15 is 0 Å². The quantitative estimate of drug-likeness (QED) is 0.341. The van der Waals surface area contributed by atoms with Gasteiger partial charge in [-0.15, -0.1) is 0 Å². The average molecular weight is 520 g/mol. The Kier molecular flexibility index (Phi) is 6.47. The number of halogens is 2. The molecule has 2 heterocycles. The Bertz CT molecular complexity index is 1610. The van der Waals surface area contributed by atoms with Crippen molar-refractivity contribution < 1.29 is 22.0 Å². The molecule has 1 aliphatic rings. The van der Waals surface area contributed by atoms with Gasteiger partial charge < -0.3 is 5.32 Å². The van der Waals surface area contributed by atoms with Crippen molar-refractivity contribution in [1.29, 1.82) is 0 Å². The molecule has 0 spiro atoms. The van der Waals surface area contributed by atoms with Gasteiger partial charge in [-0.1, -0.05) is 31.2 Å². The summed E-state index contributed by atoms with van der Waals surface area (Å²) >= 11 is 0. The fourth-order valence-corrected chi connectivity index (χ4v) is 5.94. The molecule has 37 heavy (non-hydrogen) atoms. The van der Waals surface area contributed by atoms with Crippen LogP contribution in [0, 0.1) is 11.8 Å². The largest absolute Gasteiger partial charge is 0.348 e. The van der Waals surface area contributed by atoms with Crippen LogP contribution >= 0.6 is 0 Å². The minimum atomic E-state index is -4.04. The minimum Gasteiger partial charge on any atom is -0.348 e. The van der Waals surface area contributed by atoms with E-state index in [1.807, 2.05) is 19.1 Å². The van der Waals surface area contributed by atoms with Crippen LogP contribution in [0.5, 0.6) is 0 Å². The third-order valence-electron chi connectivity index (χ3n) is 6.38. The van der Waals surface area contributed by atoms with Crippen molar-refractivity contribution in [3.8, 4) is 11.1 Å². The monoisotopic (exact) mass is 519 g/mol. The minimum absolute atomic E-state index is 0.000321. The molecule has 0 radical (unpaired) electrons. The zero-order valence-corrected chi connectivity index (χ0v) is 20.7. The molecule has 0 aliphatic heterocycles. The zero-order chi connectivity index (χ0) is 26.2. The van der Waals surface area contributed by atoms with Gasteiger partial charge in [0.25, 0.3) is 15.9 Å². The zero-order valence-electron chi connectivity index (χ0n) is 19.9. The lowest BCUT2D eigenvalue weighted by molar-refractivity contribution is 0.0951. The Morgan fingerprint density at radius 3 is 2.49 bits per heavy atom. The highest BCUT2D eigenvalue weighted by Gasteiger charge is 2.30. The molecule has 5 rings (SSSR count). The van der Waals surface area contributed by atoms with Gasteiger partial charge in [0.2, 0.25) is 5.95 Å². The van der Waals surface area contributed by atoms with E-state index in [0.717, 1.165) is 5.56 Å². The summed E-state index contributed by atoms with van der Waals surface area (Å²) in [6.07, 6.45) is 7.19. The van der Waals surface area contributed by atoms with Gasteiger partial charge in [0.05, 0.1) is 4.90 Å². The molecule has 2 aromatic heterocycles. The maximum atomic E-state index is 14.5. The maximum absolute atomic E-state index is 14.5. The number of nitrogens with zero attached hydrogens (tertiary/aromatic N) is 2. The van der Waals surface area contributed by atoms with Gasteiger partial charge in [0.15, 0.2) is 0 Å². The number of nitrogens with one attached hydrogen (secondary N) is 1. The molecule has 9 heteroatoms. The summed E-state index contributed by atoms with van der Waals surface area (Å²) in [5, 5.41) is 2.73. The second kappa shape index (κ2) is 9.74. The SMILES string of the molecule is CC1CC=Cc2c(-c3cccnc3F)cn(S(=O)(=O)c3ccc(C(=O)NCc4ccc(F)cc4)cc3)c21. The lowest BCUT2D eigenvalue weighted by Gasteiger charge is -2.19. The number of carbonyl (C=O) groups is 1. The lowest BCUT2D eigenvalue weighted by atomic mass is 9.91. The van der Waals surface area contributed by atoms with E-state index in [1.54, 1.807) is 24.3 Å². The number of hydrogen-bond acceptors (Lipinski definition) is 4. The van der Waals surface area contributed by atoms with Gasteiger partial charge >= 0.3 is 0 Å². The number of benzene rings is 2. The summed E-state index contributed by atoms with van der Waals surface area (Å²) in [6.45, 7) is 2.13. The van der Waals surface area contributed by atoms with Crippen molar-refractivity contribution in [2.24, 2.45) is 0 Å². The van der Waals surface area contributed by atoms with Crippen LogP contribution in [0.1, 0.15) is 46.4 Å². The number of carbonyl (C=O) groups excluding carboxylic acids is 1. The van der Waals surface area contributed by atoms with Gasteiger partial charge in [-0.25, -0.2) is 21.8 Å². The first kappa shape index (κ1) is 24.6. The molecule has 1 amide bonds. The van der Waals surface area contributed by atoms with Crippen LogP contribution in [0.4, 0.5) is 8.78 Å². The highest BCUT2D eigenvalue weighted by Crippen LogP contribution is 2.40. The molecule has 2 aromatic carbocycles. The second-order valence-corrected chi connectivity index (χ2v) is 10.7. The molecule has 0 fully saturated rings. The highest BCUT2D eigenvalue weighted by atomic mass is 32.2. The molecular weight excluding hydrogens is 496 g/mol. The average Bonchev–Trinajstić information content (AvgIpc) is 3.30. The van der Waals surface area contributed by atoms with Crippen LogP contribution in [-0.2, 0) is 16.6 Å². The first-order valence-electron chi connectivity index (χ1n) is 11.7. The summed E-state index contributed by atoms with van der Waals surface area (Å²) in [5.41, 5.74) is 2.90. The first-order chi connectivity index (χ1) is 17.8. The van der Waals surface area contributed by atoms with Crippen LogP contribution in [0.25, 0.3) is 17.2 Å². The van der Waals surface area contributed by atoms with E-state index in [4.69, 9.17) is 0 Å². The Balaban J connectivity index is 1.45. The molecule has 1 N–H and O–H groups in total. The van der Waals surface area contributed by atoms with Crippen molar-refractivity contribution in [2.75, 3.05) is 0 Å². The number of pyridine rings is 1. The standard InChI is InChI=1S/C28H23F2N3O3S/c1-18-4-2-5-23-25(24-6-3-15-31-27(24)30)17-33(26(18)23)37(35,36)22-13-9-20(10-14-22)28(34)32-16-19-7-11-21(29)12-8-19/h2-3,5-15,17-18H,4,16H2,1H3,(H,32,34). The molecule has 0 bridgehead atoms. The molecule has 0 saturated carbocycles. The summed E-state index contributed by atoms with van der Waals surface area (Å²) in [5.74, 6) is -1.54. The molecular formula is C28H23F2N3O3S. The maximum Gasteiger partial charge on any atom is 0.267 e. The fourth-order valence-electron chi connectivity index (χ4n) is 4.45. The predicted molar refractivity (Wildman–Crippen MR) is 136 cm³/mol. The van der Waals surface area contributed by atoms with E-state index < -0.39 is 16.0 Å². The number of aromatic nitrogens is 2. The van der Waals surface area contributed by atoms with Gasteiger partial charge in [0.1, 0.15) is 5.82 Å². The predicted octanol–water partition coefficient (Wildman–Crippen LogP) is 5.52. The van der Waals surface area contributed by atoms with E-state index in [1.165, 1.54) is 52.8 Å². The fraction of sp³-hybridized carbons (Fsp3) is 0.143. The normalized spacial score (nSPS) is 14.8. The van der Waals surface area contributed by atoms with Crippen molar-refractivity contribution in [2.45, 2.75) is 30.7 Å². The van der Waals surface area contributed by atoms with Crippen molar-refractivity contribution in [1.82, 2.24) is 14.3 Å². The van der Waals surface area contributed by atoms with Crippen LogP contribution in [-0.4, -0.2) is 23.3 Å². The van der Waals surface area contributed by atoms with E-state index in [0.29, 0.717) is 23.2 Å². The summed E-state index contributed by atoms with van der Waals surface area (Å²) in [6, 6.07) is 14.6. The van der Waals surface area contributed by atoms with Crippen LogP contribution in [0.3, 0.4) is 0 Å². The molecule has 4 aromatic rings. The Labute approximate surface area is 213 Å². The highest BCUT2D eigenvalue weighted by molar-refractivity contribution is 7.90. The number of hydrogen-bond donors (Lipinski definition) is 1. The molecule has 6 nitrogen and oxygen atoms in total. The van der Waals surface area contributed by atoms with Gasteiger partial charge in [-0.05, 0) is 60.5 Å². The Morgan fingerprint density at radius 1 is 1.05 bits per heavy atom. The van der Waals surface area contributed by atoms with Crippen LogP contribution in [0.2, 0.25) is 0 Å². The van der Waals surface area contributed by atoms with Crippen LogP contribution in [0.15, 0.2) is 84.0 Å². The molecule has 1 aliphatic carbocycles. The van der Waals surface area contributed by atoms with Crippen LogP contribution < -0.4 is 5.32 Å². The summed E-state index contributed by atoms with van der Waals surface area (Å²) in [7, 11) is -4.04. The summed E-state index contributed by atoms with van der Waals surface area (Å²) < 4.78 is 56.2. The van der Waals surface area contributed by atoms with Crippen molar-refractivity contribution >= 4 is 22.0 Å². The molecule has 1 atom stereocenters. The molecule has 0 saturated heterocycles. The van der Waals surface area contributed by atoms with Crippen molar-refractivity contribution in [3.63, 3.8) is 0 Å². The smallest absolute Gasteiger partial charge is 0.267 e. The topological polar surface area (TPSA) is 81.1 Å². The van der Waals surface area contributed by atoms with Crippen molar-refractivity contribution in [3.05, 3.63) is 113 Å². The Morgan fingerprint density at radius 2 is 1.78 bits per heavy atom. The number of amides is 1. The number of rotatable bonds is 6. The van der Waals surface area contributed by atoms with E-state index in [-0.39, 0.29) is 40.2 Å². The third-order valence-corrected chi connectivity index (χ3v) is 8.07. The first-order valence-corrected chi connectivity index (χ1v) is 13.1. The number of fused-ring (bicyclic) bond motifs is 1.